The molecular weight excluding hydrogens is 93.1 g/mol. The average Bonchev–Trinajstić information content (AvgIpc) is 1.65. The van der Waals surface area contributed by atoms with Gasteiger partial charge in [-0.15, -0.1) is 0 Å². The van der Waals surface area contributed by atoms with Crippen LogP contribution in [0.25, 0.3) is 0 Å². The summed E-state index contributed by atoms with van der Waals surface area (Å²) in [4.78, 5) is 0. The Kier molecular flexibility index (Phi) is 2.27. The number of halogens is 1. The summed E-state index contributed by atoms with van der Waals surface area (Å²) in [5.41, 5.74) is -0.0116. The van der Waals surface area contributed by atoms with Gasteiger partial charge in [0.2, 0.25) is 0 Å². The molecule has 0 bridgehead atoms. The molecule has 0 aromatic heterocycles. The molecule has 0 fully saturated rings. The molecule has 0 radical (unpaired) electrons. The molecule has 0 saturated heterocycles. The summed E-state index contributed by atoms with van der Waals surface area (Å²) in [6.07, 6.45) is 1.27. The highest BCUT2D eigenvalue weighted by molar-refractivity contribution is 5.93. The van der Waals surface area contributed by atoms with E-state index in [0.717, 1.165) is 0 Å². The van der Waals surface area contributed by atoms with Crippen LogP contribution in [-0.4, -0.2) is 5.71 Å². The first-order chi connectivity index (χ1) is 3.18. The molecular formula is C5H8FN. The maximum absolute atomic E-state index is 11.9. The summed E-state index contributed by atoms with van der Waals surface area (Å²) in [5, 5.41) is 6.66. The van der Waals surface area contributed by atoms with E-state index >= 15 is 0 Å². The van der Waals surface area contributed by atoms with Gasteiger partial charge in [0.1, 0.15) is 5.83 Å². The molecule has 0 aliphatic rings. The fourth-order valence-electron chi connectivity index (χ4n) is 0.217. The lowest BCUT2D eigenvalue weighted by Crippen LogP contribution is -1.85. The van der Waals surface area contributed by atoms with Crippen LogP contribution in [-0.2, 0) is 0 Å². The second-order valence-electron chi connectivity index (χ2n) is 1.26. The molecule has 1 N–H and O–H groups in total. The Morgan fingerprint density at radius 1 is 1.71 bits per heavy atom. The number of rotatable bonds is 1. The number of nitrogens with one attached hydrogen (secondary N) is 1. The Bertz CT molecular complexity index is 105. The monoisotopic (exact) mass is 101 g/mol. The molecule has 0 amide bonds. The smallest absolute Gasteiger partial charge is 0.139 e. The Labute approximate surface area is 42.4 Å². The molecule has 40 valence electrons. The van der Waals surface area contributed by atoms with Gasteiger partial charge in [0.05, 0.1) is 5.71 Å². The molecule has 0 heterocycles. The van der Waals surface area contributed by atoms with Crippen LogP contribution in [0.5, 0.6) is 0 Å². The van der Waals surface area contributed by atoms with Gasteiger partial charge in [-0.25, -0.2) is 4.39 Å². The highest BCUT2D eigenvalue weighted by atomic mass is 19.1. The quantitative estimate of drug-likeness (QED) is 0.488. The minimum Gasteiger partial charge on any atom is -0.303 e. The van der Waals surface area contributed by atoms with Crippen LogP contribution in [0.4, 0.5) is 4.39 Å². The van der Waals surface area contributed by atoms with Crippen molar-refractivity contribution in [2.24, 2.45) is 0 Å². The molecule has 2 heteroatoms. The lowest BCUT2D eigenvalue weighted by molar-refractivity contribution is 0.677. The van der Waals surface area contributed by atoms with Gasteiger partial charge in [-0.05, 0) is 19.9 Å². The van der Waals surface area contributed by atoms with E-state index in [1.807, 2.05) is 0 Å². The lowest BCUT2D eigenvalue weighted by Gasteiger charge is -1.84. The summed E-state index contributed by atoms with van der Waals surface area (Å²) in [6.45, 7) is 2.97. The van der Waals surface area contributed by atoms with E-state index in [4.69, 9.17) is 5.41 Å². The number of allylic oxidation sites excluding steroid dienone is 2. The van der Waals surface area contributed by atoms with Crippen LogP contribution in [0.2, 0.25) is 0 Å². The SMILES string of the molecule is CC=C(F)C(C)=N. The lowest BCUT2D eigenvalue weighted by atomic mass is 10.3. The number of hydrogen-bond donors (Lipinski definition) is 1. The molecule has 0 aliphatic heterocycles. The Hall–Kier alpha value is -0.660. The fourth-order valence-corrected chi connectivity index (χ4v) is 0.217. The first-order valence-electron chi connectivity index (χ1n) is 2.06. The highest BCUT2D eigenvalue weighted by Crippen LogP contribution is 1.94. The van der Waals surface area contributed by atoms with Crippen molar-refractivity contribution in [3.63, 3.8) is 0 Å². The van der Waals surface area contributed by atoms with Crippen molar-refractivity contribution in [1.29, 1.82) is 5.41 Å². The van der Waals surface area contributed by atoms with E-state index in [-0.39, 0.29) is 5.71 Å². The van der Waals surface area contributed by atoms with Crippen molar-refractivity contribution in [1.82, 2.24) is 0 Å². The summed E-state index contributed by atoms with van der Waals surface area (Å²) in [7, 11) is 0. The van der Waals surface area contributed by atoms with Crippen molar-refractivity contribution >= 4 is 5.71 Å². The third kappa shape index (κ3) is 2.09. The van der Waals surface area contributed by atoms with Crippen molar-refractivity contribution < 1.29 is 4.39 Å². The zero-order valence-corrected chi connectivity index (χ0v) is 4.46. The van der Waals surface area contributed by atoms with Crippen molar-refractivity contribution in [3.8, 4) is 0 Å². The van der Waals surface area contributed by atoms with Crippen LogP contribution in [0.15, 0.2) is 11.9 Å². The van der Waals surface area contributed by atoms with Gasteiger partial charge in [-0.1, -0.05) is 0 Å². The van der Waals surface area contributed by atoms with E-state index in [0.29, 0.717) is 0 Å². The van der Waals surface area contributed by atoms with Crippen molar-refractivity contribution in [2.45, 2.75) is 13.8 Å². The molecule has 0 rings (SSSR count). The normalized spacial score (nSPS) is 11.6. The van der Waals surface area contributed by atoms with Gasteiger partial charge in [0.15, 0.2) is 0 Å². The number of hydrogen-bond acceptors (Lipinski definition) is 1. The summed E-state index contributed by atoms with van der Waals surface area (Å²) in [5.74, 6) is -0.444. The first kappa shape index (κ1) is 6.34. The van der Waals surface area contributed by atoms with Gasteiger partial charge >= 0.3 is 0 Å². The van der Waals surface area contributed by atoms with E-state index < -0.39 is 5.83 Å². The molecule has 0 spiro atoms. The predicted molar refractivity (Wildman–Crippen MR) is 28.3 cm³/mol. The average molecular weight is 101 g/mol. The predicted octanol–water partition coefficient (Wildman–Crippen LogP) is 1.90. The standard InChI is InChI=1S/C5H8FN/c1-3-5(6)4(2)7/h3,7H,1-2H3. The minimum absolute atomic E-state index is 0.0116. The maximum Gasteiger partial charge on any atom is 0.139 e. The van der Waals surface area contributed by atoms with E-state index in [2.05, 4.69) is 0 Å². The molecule has 7 heavy (non-hydrogen) atoms. The van der Waals surface area contributed by atoms with Crippen molar-refractivity contribution in [3.05, 3.63) is 11.9 Å². The maximum atomic E-state index is 11.9. The fraction of sp³-hybridized carbons (Fsp3) is 0.400. The van der Waals surface area contributed by atoms with Crippen molar-refractivity contribution in [2.75, 3.05) is 0 Å². The topological polar surface area (TPSA) is 23.9 Å². The Balaban J connectivity index is 3.82. The van der Waals surface area contributed by atoms with Crippen LogP contribution in [0.1, 0.15) is 13.8 Å². The Morgan fingerprint density at radius 2 is 2.14 bits per heavy atom. The molecule has 0 aromatic carbocycles. The molecule has 0 aliphatic carbocycles. The van der Waals surface area contributed by atoms with E-state index in [1.165, 1.54) is 13.0 Å². The zero-order chi connectivity index (χ0) is 5.86. The highest BCUT2D eigenvalue weighted by Gasteiger charge is 1.90. The second kappa shape index (κ2) is 2.50. The molecule has 0 saturated carbocycles. The van der Waals surface area contributed by atoms with Gasteiger partial charge in [0.25, 0.3) is 0 Å². The molecule has 0 unspecified atom stereocenters. The van der Waals surface area contributed by atoms with Crippen LogP contribution in [0.3, 0.4) is 0 Å². The molecule has 1 nitrogen and oxygen atoms in total. The van der Waals surface area contributed by atoms with E-state index in [9.17, 15) is 4.39 Å². The molecule has 0 atom stereocenters. The van der Waals surface area contributed by atoms with Gasteiger partial charge in [-0.3, -0.25) is 0 Å². The summed E-state index contributed by atoms with van der Waals surface area (Å²) in [6, 6.07) is 0. The van der Waals surface area contributed by atoms with Gasteiger partial charge in [0, 0.05) is 0 Å². The Morgan fingerprint density at radius 3 is 2.14 bits per heavy atom. The third-order valence-electron chi connectivity index (χ3n) is 0.612. The van der Waals surface area contributed by atoms with Crippen LogP contribution >= 0.6 is 0 Å². The van der Waals surface area contributed by atoms with Gasteiger partial charge < -0.3 is 5.41 Å². The van der Waals surface area contributed by atoms with Crippen LogP contribution in [0, 0.1) is 5.41 Å². The second-order valence-corrected chi connectivity index (χ2v) is 1.26. The summed E-state index contributed by atoms with van der Waals surface area (Å²) < 4.78 is 11.9. The molecule has 0 aromatic rings. The first-order valence-corrected chi connectivity index (χ1v) is 2.06. The largest absolute Gasteiger partial charge is 0.303 e. The minimum atomic E-state index is -0.444. The van der Waals surface area contributed by atoms with E-state index in [1.54, 1.807) is 6.92 Å². The summed E-state index contributed by atoms with van der Waals surface area (Å²) >= 11 is 0. The van der Waals surface area contributed by atoms with Crippen LogP contribution < -0.4 is 0 Å². The van der Waals surface area contributed by atoms with Gasteiger partial charge in [-0.2, -0.15) is 0 Å². The third-order valence-corrected chi connectivity index (χ3v) is 0.612. The zero-order valence-electron chi connectivity index (χ0n) is 4.46.